The Morgan fingerprint density at radius 2 is 1.81 bits per heavy atom. The molecule has 0 aliphatic carbocycles. The van der Waals surface area contributed by atoms with Crippen molar-refractivity contribution in [2.45, 2.75) is 26.4 Å². The van der Waals surface area contributed by atoms with Crippen molar-refractivity contribution in [2.24, 2.45) is 5.73 Å². The SMILES string of the molecule is CCOc1cc(C2C(C#N)=C(N)Oc3cc(OC(=O)c4ccccc4C)ccc32)ccc1OCc1ccc(Cl)cc1Cl. The second-order valence-electron chi connectivity index (χ2n) is 9.49. The molecule has 0 amide bonds. The first-order chi connectivity index (χ1) is 20.3. The molecular formula is C33H26Cl2N2O5. The third-order valence-corrected chi connectivity index (χ3v) is 7.35. The summed E-state index contributed by atoms with van der Waals surface area (Å²) in [5, 5.41) is 11.1. The predicted octanol–water partition coefficient (Wildman–Crippen LogP) is 7.72. The van der Waals surface area contributed by atoms with Crippen molar-refractivity contribution in [3.63, 3.8) is 0 Å². The van der Waals surface area contributed by atoms with Crippen LogP contribution in [0.3, 0.4) is 0 Å². The second-order valence-corrected chi connectivity index (χ2v) is 10.3. The molecule has 9 heteroatoms. The van der Waals surface area contributed by atoms with E-state index in [-0.39, 0.29) is 23.8 Å². The minimum Gasteiger partial charge on any atom is -0.490 e. The summed E-state index contributed by atoms with van der Waals surface area (Å²) < 4.78 is 23.4. The molecule has 0 spiro atoms. The Hall–Kier alpha value is -4.64. The van der Waals surface area contributed by atoms with Gasteiger partial charge in [-0.25, -0.2) is 4.79 Å². The van der Waals surface area contributed by atoms with Crippen LogP contribution in [0.5, 0.6) is 23.0 Å². The Balaban J connectivity index is 1.45. The highest BCUT2D eigenvalue weighted by molar-refractivity contribution is 6.35. The van der Waals surface area contributed by atoms with Crippen LogP contribution < -0.4 is 24.7 Å². The number of nitrogens with zero attached hydrogens (tertiary/aromatic N) is 1. The maximum atomic E-state index is 12.8. The number of carbonyl (C=O) groups is 1. The van der Waals surface area contributed by atoms with Crippen LogP contribution in [-0.4, -0.2) is 12.6 Å². The molecule has 1 heterocycles. The van der Waals surface area contributed by atoms with E-state index in [9.17, 15) is 10.1 Å². The van der Waals surface area contributed by atoms with Crippen LogP contribution in [0.15, 0.2) is 90.3 Å². The third-order valence-electron chi connectivity index (χ3n) is 6.77. The lowest BCUT2D eigenvalue weighted by Crippen LogP contribution is -2.21. The second kappa shape index (κ2) is 12.5. The molecule has 0 saturated heterocycles. The maximum absolute atomic E-state index is 12.8. The number of carbonyl (C=O) groups excluding carboxylic acids is 1. The number of hydrogen-bond donors (Lipinski definition) is 1. The lowest BCUT2D eigenvalue weighted by molar-refractivity contribution is 0.0733. The topological polar surface area (TPSA) is 104 Å². The summed E-state index contributed by atoms with van der Waals surface area (Å²) in [7, 11) is 0. The van der Waals surface area contributed by atoms with Gasteiger partial charge in [0, 0.05) is 27.2 Å². The van der Waals surface area contributed by atoms with Gasteiger partial charge in [0.05, 0.1) is 18.1 Å². The van der Waals surface area contributed by atoms with E-state index in [1.54, 1.807) is 54.6 Å². The van der Waals surface area contributed by atoms with Gasteiger partial charge in [0.2, 0.25) is 5.88 Å². The fourth-order valence-electron chi connectivity index (χ4n) is 4.69. The summed E-state index contributed by atoms with van der Waals surface area (Å²) in [6.45, 7) is 4.31. The number of aryl methyl sites for hydroxylation is 1. The molecule has 42 heavy (non-hydrogen) atoms. The molecule has 4 aromatic carbocycles. The quantitative estimate of drug-likeness (QED) is 0.163. The van der Waals surface area contributed by atoms with Crippen molar-refractivity contribution >= 4 is 29.2 Å². The number of allylic oxidation sites excluding steroid dienone is 1. The normalized spacial score (nSPS) is 13.9. The van der Waals surface area contributed by atoms with Crippen molar-refractivity contribution in [1.29, 1.82) is 5.26 Å². The van der Waals surface area contributed by atoms with Gasteiger partial charge < -0.3 is 24.7 Å². The minimum atomic E-state index is -0.557. The van der Waals surface area contributed by atoms with Crippen LogP contribution in [0, 0.1) is 18.3 Å². The summed E-state index contributed by atoms with van der Waals surface area (Å²) in [5.41, 5.74) is 9.91. The standard InChI is InChI=1S/C33H26Cl2N2O5/c1-3-39-30-14-20(9-13-28(30)40-18-21-8-10-22(34)15-27(21)35)31-25-12-11-23(16-29(25)42-32(37)26(31)17-36)41-33(38)24-7-5-4-6-19(24)2/h4-16,31H,3,18,37H2,1-2H3. The number of halogens is 2. The van der Waals surface area contributed by atoms with E-state index in [4.69, 9.17) is 47.9 Å². The summed E-state index contributed by atoms with van der Waals surface area (Å²) in [6.07, 6.45) is 0. The van der Waals surface area contributed by atoms with Gasteiger partial charge >= 0.3 is 5.97 Å². The Morgan fingerprint density at radius 3 is 2.55 bits per heavy atom. The Labute approximate surface area is 253 Å². The summed E-state index contributed by atoms with van der Waals surface area (Å²) in [6, 6.07) is 25.0. The summed E-state index contributed by atoms with van der Waals surface area (Å²) in [4.78, 5) is 12.8. The van der Waals surface area contributed by atoms with Crippen LogP contribution in [-0.2, 0) is 6.61 Å². The lowest BCUT2D eigenvalue weighted by atomic mass is 9.83. The van der Waals surface area contributed by atoms with Gasteiger partial charge in [-0.3, -0.25) is 0 Å². The van der Waals surface area contributed by atoms with Crippen molar-refractivity contribution in [3.8, 4) is 29.1 Å². The van der Waals surface area contributed by atoms with Gasteiger partial charge in [-0.2, -0.15) is 5.26 Å². The Morgan fingerprint density at radius 1 is 1.00 bits per heavy atom. The van der Waals surface area contributed by atoms with Crippen molar-refractivity contribution in [2.75, 3.05) is 6.61 Å². The molecule has 1 aliphatic heterocycles. The maximum Gasteiger partial charge on any atom is 0.343 e. The fourth-order valence-corrected chi connectivity index (χ4v) is 5.16. The summed E-state index contributed by atoms with van der Waals surface area (Å²) in [5.74, 6) is 0.585. The van der Waals surface area contributed by atoms with Crippen molar-refractivity contribution in [1.82, 2.24) is 0 Å². The molecule has 1 atom stereocenters. The fraction of sp³-hybridized carbons (Fsp3) is 0.152. The lowest BCUT2D eigenvalue weighted by Gasteiger charge is -2.27. The smallest absolute Gasteiger partial charge is 0.343 e. The number of fused-ring (bicyclic) bond motifs is 1. The molecule has 0 bridgehead atoms. The number of esters is 1. The Kier molecular flexibility index (Phi) is 8.58. The van der Waals surface area contributed by atoms with E-state index in [0.29, 0.717) is 45.0 Å². The van der Waals surface area contributed by atoms with Crippen LogP contribution >= 0.6 is 23.2 Å². The van der Waals surface area contributed by atoms with Crippen molar-refractivity contribution in [3.05, 3.63) is 128 Å². The molecule has 0 aromatic heterocycles. The highest BCUT2D eigenvalue weighted by Crippen LogP contribution is 2.45. The molecule has 0 fully saturated rings. The van der Waals surface area contributed by atoms with Gasteiger partial charge in [-0.05, 0) is 61.4 Å². The van der Waals surface area contributed by atoms with Crippen LogP contribution in [0.2, 0.25) is 10.0 Å². The van der Waals surface area contributed by atoms with Gasteiger partial charge in [-0.1, -0.05) is 59.6 Å². The number of ether oxygens (including phenoxy) is 4. The van der Waals surface area contributed by atoms with Gasteiger partial charge in [0.15, 0.2) is 11.5 Å². The highest BCUT2D eigenvalue weighted by atomic mass is 35.5. The molecular weight excluding hydrogens is 575 g/mol. The van der Waals surface area contributed by atoms with E-state index in [2.05, 4.69) is 6.07 Å². The van der Waals surface area contributed by atoms with E-state index in [1.807, 2.05) is 38.1 Å². The van der Waals surface area contributed by atoms with E-state index < -0.39 is 11.9 Å². The number of nitriles is 1. The first-order valence-corrected chi connectivity index (χ1v) is 13.9. The average molecular weight is 601 g/mol. The van der Waals surface area contributed by atoms with Crippen molar-refractivity contribution < 1.29 is 23.7 Å². The molecule has 1 unspecified atom stereocenters. The molecule has 4 aromatic rings. The number of rotatable bonds is 8. The zero-order chi connectivity index (χ0) is 29.8. The number of nitrogens with two attached hydrogens (primary N) is 1. The number of benzene rings is 4. The molecule has 1 aliphatic rings. The van der Waals surface area contributed by atoms with E-state index >= 15 is 0 Å². The van der Waals surface area contributed by atoms with Crippen LogP contribution in [0.4, 0.5) is 0 Å². The van der Waals surface area contributed by atoms with E-state index in [0.717, 1.165) is 16.7 Å². The average Bonchev–Trinajstić information content (AvgIpc) is 2.97. The summed E-state index contributed by atoms with van der Waals surface area (Å²) >= 11 is 12.3. The largest absolute Gasteiger partial charge is 0.490 e. The minimum absolute atomic E-state index is 0.0342. The van der Waals surface area contributed by atoms with Crippen LogP contribution in [0.1, 0.15) is 45.5 Å². The van der Waals surface area contributed by atoms with Gasteiger partial charge in [0.25, 0.3) is 0 Å². The first kappa shape index (κ1) is 28.9. The van der Waals surface area contributed by atoms with E-state index in [1.165, 1.54) is 0 Å². The Bertz CT molecular complexity index is 1750. The monoisotopic (exact) mass is 600 g/mol. The molecule has 5 rings (SSSR count). The third kappa shape index (κ3) is 6.01. The number of hydrogen-bond acceptors (Lipinski definition) is 7. The van der Waals surface area contributed by atoms with Gasteiger partial charge in [0.1, 0.15) is 29.7 Å². The molecule has 7 nitrogen and oxygen atoms in total. The zero-order valence-electron chi connectivity index (χ0n) is 22.8. The molecule has 0 radical (unpaired) electrons. The predicted molar refractivity (Wildman–Crippen MR) is 160 cm³/mol. The molecule has 212 valence electrons. The van der Waals surface area contributed by atoms with Crippen LogP contribution in [0.25, 0.3) is 0 Å². The zero-order valence-corrected chi connectivity index (χ0v) is 24.3. The first-order valence-electron chi connectivity index (χ1n) is 13.1. The highest BCUT2D eigenvalue weighted by Gasteiger charge is 2.32. The molecule has 2 N–H and O–H groups in total. The van der Waals surface area contributed by atoms with Gasteiger partial charge in [-0.15, -0.1) is 0 Å². The molecule has 0 saturated carbocycles.